The van der Waals surface area contributed by atoms with E-state index >= 15 is 0 Å². The molecule has 0 heterocycles. The molecule has 0 saturated carbocycles. The number of hydrogen-bond acceptors (Lipinski definition) is 1. The van der Waals surface area contributed by atoms with Gasteiger partial charge in [0.25, 0.3) is 0 Å². The van der Waals surface area contributed by atoms with Gasteiger partial charge in [-0.1, -0.05) is 45.0 Å². The van der Waals surface area contributed by atoms with E-state index in [1.54, 1.807) is 0 Å². The van der Waals surface area contributed by atoms with E-state index in [1.165, 1.54) is 11.1 Å². The average Bonchev–Trinajstić information content (AvgIpc) is 2.15. The minimum absolute atomic E-state index is 0.0271. The third-order valence-corrected chi connectivity index (χ3v) is 7.19. The summed E-state index contributed by atoms with van der Waals surface area (Å²) < 4.78 is 0. The van der Waals surface area contributed by atoms with Crippen LogP contribution in [0.15, 0.2) is 24.3 Å². The third-order valence-electron chi connectivity index (χ3n) is 3.70. The molecule has 0 atom stereocenters. The zero-order chi connectivity index (χ0) is 12.4. The first-order valence-electron chi connectivity index (χ1n) is 6.06. The van der Waals surface area contributed by atoms with Crippen molar-refractivity contribution in [2.45, 2.75) is 51.7 Å². The van der Waals surface area contributed by atoms with E-state index in [-0.39, 0.29) is 5.04 Å². The molecule has 1 aromatic carbocycles. The molecule has 1 aromatic rings. The molecule has 1 rings (SSSR count). The molecule has 2 heteroatoms. The zero-order valence-corrected chi connectivity index (χ0v) is 12.2. The molecule has 0 spiro atoms. The van der Waals surface area contributed by atoms with Gasteiger partial charge in [0.15, 0.2) is 8.32 Å². The van der Waals surface area contributed by atoms with Gasteiger partial charge in [-0.05, 0) is 42.1 Å². The van der Waals surface area contributed by atoms with Crippen LogP contribution in [0.3, 0.4) is 0 Å². The lowest BCUT2D eigenvalue weighted by Crippen LogP contribution is -2.40. The van der Waals surface area contributed by atoms with Crippen molar-refractivity contribution in [3.05, 3.63) is 35.4 Å². The number of hydrogen-bond donors (Lipinski definition) is 1. The van der Waals surface area contributed by atoms with Crippen LogP contribution in [-0.4, -0.2) is 13.1 Å². The van der Waals surface area contributed by atoms with Crippen LogP contribution in [0.1, 0.15) is 31.9 Å². The van der Waals surface area contributed by atoms with Crippen molar-refractivity contribution >= 4 is 8.32 Å². The SMILES string of the molecule is CCc1cccc(CC(C)(C)[Si](C)(C)O)c1. The van der Waals surface area contributed by atoms with Crippen LogP contribution < -0.4 is 0 Å². The predicted molar refractivity (Wildman–Crippen MR) is 73.3 cm³/mol. The lowest BCUT2D eigenvalue weighted by atomic mass is 9.99. The Hall–Kier alpha value is -0.603. The molecule has 16 heavy (non-hydrogen) atoms. The second-order valence-electron chi connectivity index (χ2n) is 5.79. The normalized spacial score (nSPS) is 12.9. The Balaban J connectivity index is 2.88. The highest BCUT2D eigenvalue weighted by Gasteiger charge is 2.37. The third kappa shape index (κ3) is 3.19. The molecule has 1 N–H and O–H groups in total. The van der Waals surface area contributed by atoms with Gasteiger partial charge in [-0.25, -0.2) is 0 Å². The molecule has 0 fully saturated rings. The van der Waals surface area contributed by atoms with E-state index in [0.29, 0.717) is 0 Å². The van der Waals surface area contributed by atoms with Crippen LogP contribution >= 0.6 is 0 Å². The molecule has 1 nitrogen and oxygen atoms in total. The molecule has 0 unspecified atom stereocenters. The first-order valence-corrected chi connectivity index (χ1v) is 9.01. The van der Waals surface area contributed by atoms with E-state index in [1.807, 2.05) is 13.1 Å². The largest absolute Gasteiger partial charge is 0.432 e. The summed E-state index contributed by atoms with van der Waals surface area (Å²) in [5.74, 6) is 0. The molecule has 0 saturated heterocycles. The highest BCUT2D eigenvalue weighted by Crippen LogP contribution is 2.38. The quantitative estimate of drug-likeness (QED) is 0.789. The molecule has 0 aliphatic heterocycles. The molecule has 0 radical (unpaired) electrons. The zero-order valence-electron chi connectivity index (χ0n) is 11.2. The van der Waals surface area contributed by atoms with Crippen molar-refractivity contribution in [3.63, 3.8) is 0 Å². The topological polar surface area (TPSA) is 20.2 Å². The minimum Gasteiger partial charge on any atom is -0.432 e. The van der Waals surface area contributed by atoms with Crippen molar-refractivity contribution in [3.8, 4) is 0 Å². The summed E-state index contributed by atoms with van der Waals surface area (Å²) in [5, 5.41) is 0.0271. The highest BCUT2D eigenvalue weighted by molar-refractivity contribution is 6.72. The van der Waals surface area contributed by atoms with E-state index in [4.69, 9.17) is 0 Å². The summed E-state index contributed by atoms with van der Waals surface area (Å²) in [4.78, 5) is 10.3. The van der Waals surface area contributed by atoms with Crippen molar-refractivity contribution < 1.29 is 4.80 Å². The number of rotatable bonds is 4. The van der Waals surface area contributed by atoms with Crippen molar-refractivity contribution in [1.82, 2.24) is 0 Å². The fraction of sp³-hybridized carbons (Fsp3) is 0.571. The lowest BCUT2D eigenvalue weighted by molar-refractivity contribution is 0.467. The van der Waals surface area contributed by atoms with Gasteiger partial charge in [0.1, 0.15) is 0 Å². The molecular weight excluding hydrogens is 212 g/mol. The molecule has 0 aromatic heterocycles. The molecular formula is C14H24OSi. The van der Waals surface area contributed by atoms with Gasteiger partial charge in [0.05, 0.1) is 0 Å². The van der Waals surface area contributed by atoms with Gasteiger partial charge in [-0.2, -0.15) is 0 Å². The summed E-state index contributed by atoms with van der Waals surface area (Å²) in [6.07, 6.45) is 2.05. The summed E-state index contributed by atoms with van der Waals surface area (Å²) in [6, 6.07) is 8.72. The second kappa shape index (κ2) is 4.72. The van der Waals surface area contributed by atoms with E-state index in [2.05, 4.69) is 45.0 Å². The molecule has 0 aliphatic carbocycles. The molecule has 0 amide bonds. The molecule has 0 bridgehead atoms. The summed E-state index contributed by atoms with van der Waals surface area (Å²) in [5.41, 5.74) is 2.73. The van der Waals surface area contributed by atoms with Gasteiger partial charge in [-0.15, -0.1) is 0 Å². The lowest BCUT2D eigenvalue weighted by Gasteiger charge is -2.35. The Kier molecular flexibility index (Phi) is 3.97. The summed E-state index contributed by atoms with van der Waals surface area (Å²) in [6.45, 7) is 10.6. The first-order chi connectivity index (χ1) is 7.26. The standard InChI is InChI=1S/C14H24OSi/c1-6-12-8-7-9-13(10-12)11-14(2,3)16(4,5)15/h7-10,15H,6,11H2,1-5H3. The maximum atomic E-state index is 10.3. The first kappa shape index (κ1) is 13.5. The Labute approximate surface area is 101 Å². The Morgan fingerprint density at radius 3 is 2.25 bits per heavy atom. The van der Waals surface area contributed by atoms with Crippen LogP contribution in [0.5, 0.6) is 0 Å². The maximum absolute atomic E-state index is 10.3. The predicted octanol–water partition coefficient (Wildman–Crippen LogP) is 3.77. The highest BCUT2D eigenvalue weighted by atomic mass is 28.4. The second-order valence-corrected chi connectivity index (χ2v) is 10.3. The minimum atomic E-state index is -2.10. The summed E-state index contributed by atoms with van der Waals surface area (Å²) >= 11 is 0. The Morgan fingerprint density at radius 1 is 1.19 bits per heavy atom. The van der Waals surface area contributed by atoms with Gasteiger partial charge in [0, 0.05) is 0 Å². The van der Waals surface area contributed by atoms with Crippen molar-refractivity contribution in [2.24, 2.45) is 0 Å². The van der Waals surface area contributed by atoms with Crippen LogP contribution in [0, 0.1) is 0 Å². The van der Waals surface area contributed by atoms with Crippen LogP contribution in [-0.2, 0) is 12.8 Å². The van der Waals surface area contributed by atoms with Crippen LogP contribution in [0.2, 0.25) is 18.1 Å². The Bertz CT molecular complexity index is 350. The van der Waals surface area contributed by atoms with Gasteiger partial charge >= 0.3 is 0 Å². The van der Waals surface area contributed by atoms with E-state index in [0.717, 1.165) is 12.8 Å². The molecule has 90 valence electrons. The fourth-order valence-corrected chi connectivity index (χ4v) is 2.32. The van der Waals surface area contributed by atoms with E-state index in [9.17, 15) is 4.80 Å². The van der Waals surface area contributed by atoms with E-state index < -0.39 is 8.32 Å². The van der Waals surface area contributed by atoms with Gasteiger partial charge < -0.3 is 4.80 Å². The average molecular weight is 236 g/mol. The smallest absolute Gasteiger partial charge is 0.188 e. The van der Waals surface area contributed by atoms with Crippen molar-refractivity contribution in [1.29, 1.82) is 0 Å². The number of benzene rings is 1. The van der Waals surface area contributed by atoms with Crippen molar-refractivity contribution in [2.75, 3.05) is 0 Å². The van der Waals surface area contributed by atoms with Gasteiger partial charge in [0.2, 0.25) is 0 Å². The van der Waals surface area contributed by atoms with Gasteiger partial charge in [-0.3, -0.25) is 0 Å². The Morgan fingerprint density at radius 2 is 1.75 bits per heavy atom. The fourth-order valence-electron chi connectivity index (χ4n) is 1.69. The maximum Gasteiger partial charge on any atom is 0.188 e. The van der Waals surface area contributed by atoms with Crippen LogP contribution in [0.4, 0.5) is 0 Å². The van der Waals surface area contributed by atoms with Crippen LogP contribution in [0.25, 0.3) is 0 Å². The molecule has 0 aliphatic rings. The monoisotopic (exact) mass is 236 g/mol. The number of aryl methyl sites for hydroxylation is 1. The summed E-state index contributed by atoms with van der Waals surface area (Å²) in [7, 11) is -2.10.